The number of anilines is 1. The Balaban J connectivity index is 1.60. The zero-order valence-electron chi connectivity index (χ0n) is 17.0. The molecule has 0 saturated heterocycles. The van der Waals surface area contributed by atoms with E-state index in [-0.39, 0.29) is 18.5 Å². The third kappa shape index (κ3) is 3.79. The number of nitrogens with zero attached hydrogens (tertiary/aromatic N) is 3. The summed E-state index contributed by atoms with van der Waals surface area (Å²) in [5.74, 6) is -0.638. The predicted molar refractivity (Wildman–Crippen MR) is 127 cm³/mol. The normalized spacial score (nSPS) is 17.1. The van der Waals surface area contributed by atoms with Gasteiger partial charge in [-0.25, -0.2) is 0 Å². The van der Waals surface area contributed by atoms with Crippen LogP contribution in [0.5, 0.6) is 0 Å². The van der Waals surface area contributed by atoms with E-state index in [1.807, 2.05) is 66.9 Å². The maximum atomic E-state index is 13.8. The molecule has 5 rings (SSSR count). The van der Waals surface area contributed by atoms with Gasteiger partial charge in [-0.2, -0.15) is 0 Å². The van der Waals surface area contributed by atoms with Crippen LogP contribution in [0.2, 0.25) is 5.02 Å². The van der Waals surface area contributed by atoms with Crippen molar-refractivity contribution in [2.24, 2.45) is 0 Å². The lowest BCUT2D eigenvalue weighted by molar-refractivity contribution is -0.134. The number of carbonyl (C=O) groups excluding carboxylic acids is 2. The van der Waals surface area contributed by atoms with Crippen LogP contribution in [0.4, 0.5) is 5.69 Å². The molecule has 8 heteroatoms. The highest BCUT2D eigenvalue weighted by molar-refractivity contribution is 6.53. The van der Waals surface area contributed by atoms with Crippen molar-refractivity contribution in [3.05, 3.63) is 83.1 Å². The number of hydrogen-bond donors (Lipinski definition) is 0. The van der Waals surface area contributed by atoms with Crippen LogP contribution in [-0.4, -0.2) is 38.7 Å². The lowest BCUT2D eigenvalue weighted by Crippen LogP contribution is -2.48. The summed E-state index contributed by atoms with van der Waals surface area (Å²) in [6.07, 6.45) is 3.67. The highest BCUT2D eigenvalue weighted by Crippen LogP contribution is 2.43. The Hall–Kier alpha value is -2.47. The molecule has 1 unspecified atom stereocenters. The molecule has 2 aliphatic rings. The smallest absolute Gasteiger partial charge is 0.256 e. The number of fused-ring (bicyclic) bond motifs is 3. The molecule has 1 saturated carbocycles. The third-order valence-electron chi connectivity index (χ3n) is 5.92. The van der Waals surface area contributed by atoms with Gasteiger partial charge in [-0.15, -0.1) is 0 Å². The van der Waals surface area contributed by atoms with Crippen molar-refractivity contribution in [2.75, 3.05) is 11.4 Å². The molecule has 3 aromatic rings. The Kier molecular flexibility index (Phi) is 5.66. The highest BCUT2D eigenvalue weighted by Gasteiger charge is 2.40. The van der Waals surface area contributed by atoms with Crippen LogP contribution in [0.1, 0.15) is 30.1 Å². The average Bonchev–Trinajstić information content (AvgIpc) is 3.51. The summed E-state index contributed by atoms with van der Waals surface area (Å²) in [5, 5.41) is 0.591. The van der Waals surface area contributed by atoms with Gasteiger partial charge in [0.25, 0.3) is 5.91 Å². The molecule has 164 valence electrons. The van der Waals surface area contributed by atoms with Crippen molar-refractivity contribution in [3.63, 3.8) is 0 Å². The molecule has 0 N–H and O–H groups in total. The van der Waals surface area contributed by atoms with E-state index >= 15 is 0 Å². The molecule has 5 nitrogen and oxygen atoms in total. The number of benzene rings is 2. The number of carbonyl (C=O) groups is 2. The highest BCUT2D eigenvalue weighted by atomic mass is 35.5. The lowest BCUT2D eigenvalue weighted by Gasteiger charge is -2.39. The first kappa shape index (κ1) is 21.4. The van der Waals surface area contributed by atoms with Crippen molar-refractivity contribution in [2.45, 2.75) is 29.8 Å². The monoisotopic (exact) mass is 487 g/mol. The standard InChI is InChI=1S/C24H20Cl3N3O2/c25-16-6-3-5-15(13-16)22-20-9-4-12-28(20)18-7-1-2-8-19(18)30(22)21(31)14-29(17-10-11-17)24(32)23(26)27/h1-9,12-13,17,22-23H,10-11,14H2. The molecule has 32 heavy (non-hydrogen) atoms. The number of amides is 2. The molecule has 2 aromatic carbocycles. The number of hydrogen-bond acceptors (Lipinski definition) is 2. The first-order valence-electron chi connectivity index (χ1n) is 10.4. The molecule has 1 atom stereocenters. The van der Waals surface area contributed by atoms with E-state index in [1.165, 1.54) is 4.90 Å². The summed E-state index contributed by atoms with van der Waals surface area (Å²) in [4.78, 5) is 28.5. The van der Waals surface area contributed by atoms with Crippen LogP contribution in [0.3, 0.4) is 0 Å². The Labute approximate surface area is 201 Å². The zero-order chi connectivity index (χ0) is 22.4. The quantitative estimate of drug-likeness (QED) is 0.454. The fourth-order valence-electron chi connectivity index (χ4n) is 4.37. The molecule has 0 spiro atoms. The Bertz CT molecular complexity index is 1190. The molecule has 1 fully saturated rings. The van der Waals surface area contributed by atoms with E-state index < -0.39 is 16.8 Å². The van der Waals surface area contributed by atoms with Gasteiger partial charge in [0.1, 0.15) is 12.6 Å². The van der Waals surface area contributed by atoms with Gasteiger partial charge in [-0.3, -0.25) is 14.5 Å². The Morgan fingerprint density at radius 3 is 2.44 bits per heavy atom. The summed E-state index contributed by atoms with van der Waals surface area (Å²) in [7, 11) is 0. The fraction of sp³-hybridized carbons (Fsp3) is 0.250. The minimum atomic E-state index is -1.20. The molecule has 0 radical (unpaired) electrons. The first-order valence-corrected chi connectivity index (χ1v) is 11.6. The second-order valence-corrected chi connectivity index (χ2v) is 9.54. The van der Waals surface area contributed by atoms with Crippen molar-refractivity contribution in [1.29, 1.82) is 0 Å². The summed E-state index contributed by atoms with van der Waals surface area (Å²) >= 11 is 18.1. The van der Waals surface area contributed by atoms with Gasteiger partial charge in [0.05, 0.1) is 17.1 Å². The van der Waals surface area contributed by atoms with Gasteiger partial charge in [0.2, 0.25) is 5.91 Å². The molecule has 2 amide bonds. The summed E-state index contributed by atoms with van der Waals surface area (Å²) < 4.78 is 2.09. The van der Waals surface area contributed by atoms with Crippen molar-refractivity contribution in [3.8, 4) is 5.69 Å². The molecule has 1 aliphatic carbocycles. The second kappa shape index (κ2) is 8.47. The third-order valence-corrected chi connectivity index (χ3v) is 6.52. The molecule has 2 heterocycles. The average molecular weight is 489 g/mol. The minimum absolute atomic E-state index is 0.0000321. The molecule has 1 aromatic heterocycles. The molecular formula is C24H20Cl3N3O2. The molecule has 0 bridgehead atoms. The minimum Gasteiger partial charge on any atom is -0.328 e. The van der Waals surface area contributed by atoms with Gasteiger partial charge >= 0.3 is 0 Å². The van der Waals surface area contributed by atoms with E-state index in [9.17, 15) is 9.59 Å². The van der Waals surface area contributed by atoms with Crippen LogP contribution in [-0.2, 0) is 9.59 Å². The van der Waals surface area contributed by atoms with E-state index in [0.29, 0.717) is 5.02 Å². The number of rotatable bonds is 5. The maximum absolute atomic E-state index is 13.8. The summed E-state index contributed by atoms with van der Waals surface area (Å²) in [6, 6.07) is 18.8. The SMILES string of the molecule is O=C(C(Cl)Cl)N(CC(=O)N1c2ccccc2-n2cccc2C1c1cccc(Cl)c1)C1CC1. The predicted octanol–water partition coefficient (Wildman–Crippen LogP) is 5.36. The molecular weight excluding hydrogens is 469 g/mol. The van der Waals surface area contributed by atoms with Crippen molar-refractivity contribution < 1.29 is 9.59 Å². The number of halogens is 3. The first-order chi connectivity index (χ1) is 15.5. The fourth-order valence-corrected chi connectivity index (χ4v) is 4.82. The largest absolute Gasteiger partial charge is 0.328 e. The lowest BCUT2D eigenvalue weighted by atomic mass is 9.97. The summed E-state index contributed by atoms with van der Waals surface area (Å²) in [6.45, 7) is -0.0917. The van der Waals surface area contributed by atoms with E-state index in [0.717, 1.165) is 35.5 Å². The van der Waals surface area contributed by atoms with Crippen LogP contribution < -0.4 is 4.90 Å². The van der Waals surface area contributed by atoms with Crippen LogP contribution in [0.25, 0.3) is 5.69 Å². The van der Waals surface area contributed by atoms with Gasteiger partial charge < -0.3 is 9.47 Å². The van der Waals surface area contributed by atoms with Gasteiger partial charge in [0, 0.05) is 17.3 Å². The summed E-state index contributed by atoms with van der Waals surface area (Å²) in [5.41, 5.74) is 3.49. The van der Waals surface area contributed by atoms with Crippen LogP contribution in [0.15, 0.2) is 66.9 Å². The Morgan fingerprint density at radius 2 is 1.75 bits per heavy atom. The zero-order valence-corrected chi connectivity index (χ0v) is 19.3. The van der Waals surface area contributed by atoms with Gasteiger partial charge in [0.15, 0.2) is 4.84 Å². The number of aromatic nitrogens is 1. The number of para-hydroxylation sites is 2. The van der Waals surface area contributed by atoms with E-state index in [1.54, 1.807) is 4.90 Å². The molecule has 1 aliphatic heterocycles. The van der Waals surface area contributed by atoms with Gasteiger partial charge in [-0.1, -0.05) is 59.1 Å². The van der Waals surface area contributed by atoms with Crippen LogP contribution >= 0.6 is 34.8 Å². The van der Waals surface area contributed by atoms with E-state index in [4.69, 9.17) is 34.8 Å². The Morgan fingerprint density at radius 1 is 1.00 bits per heavy atom. The number of alkyl halides is 2. The topological polar surface area (TPSA) is 45.6 Å². The van der Waals surface area contributed by atoms with Crippen molar-refractivity contribution in [1.82, 2.24) is 9.47 Å². The second-order valence-electron chi connectivity index (χ2n) is 8.01. The van der Waals surface area contributed by atoms with Crippen LogP contribution in [0, 0.1) is 0 Å². The maximum Gasteiger partial charge on any atom is 0.256 e. The van der Waals surface area contributed by atoms with Gasteiger partial charge in [-0.05, 0) is 54.8 Å². The van der Waals surface area contributed by atoms with E-state index in [2.05, 4.69) is 4.57 Å². The van der Waals surface area contributed by atoms with Crippen molar-refractivity contribution >= 4 is 52.3 Å².